The minimum absolute atomic E-state index is 0.905. The molecule has 13 rings (SSSR count). The van der Waals surface area contributed by atoms with Crippen LogP contribution in [-0.2, 0) is 0 Å². The highest BCUT2D eigenvalue weighted by Crippen LogP contribution is 2.43. The van der Waals surface area contributed by atoms with Gasteiger partial charge in [0.1, 0.15) is 11.2 Å². The van der Waals surface area contributed by atoms with E-state index >= 15 is 0 Å². The van der Waals surface area contributed by atoms with Crippen molar-refractivity contribution in [2.75, 3.05) is 4.90 Å². The Morgan fingerprint density at radius 3 is 1.42 bits per heavy atom. The maximum absolute atomic E-state index is 6.44. The first-order valence-corrected chi connectivity index (χ1v) is 23.6. The number of aromatic nitrogens is 1. The summed E-state index contributed by atoms with van der Waals surface area (Å²) in [6.45, 7) is 0. The Morgan fingerprint density at radius 1 is 0.290 bits per heavy atom. The summed E-state index contributed by atoms with van der Waals surface area (Å²) in [5.41, 5.74) is 20.1. The molecule has 0 bridgehead atoms. The highest BCUT2D eigenvalue weighted by Gasteiger charge is 2.20. The van der Waals surface area contributed by atoms with E-state index in [0.717, 1.165) is 83.6 Å². The number of hydrogen-bond acceptors (Lipinski definition) is 2. The molecule has 324 valence electrons. The second-order valence-corrected chi connectivity index (χ2v) is 17.6. The van der Waals surface area contributed by atoms with Crippen molar-refractivity contribution in [3.63, 3.8) is 0 Å². The number of benzene rings is 11. The summed E-state index contributed by atoms with van der Waals surface area (Å²) in [4.78, 5) is 2.38. The first kappa shape index (κ1) is 40.1. The van der Waals surface area contributed by atoms with Crippen molar-refractivity contribution in [1.29, 1.82) is 0 Å². The Kier molecular flexibility index (Phi) is 9.84. The predicted molar refractivity (Wildman–Crippen MR) is 290 cm³/mol. The molecule has 0 fully saturated rings. The zero-order chi connectivity index (χ0) is 45.7. The highest BCUT2D eigenvalue weighted by atomic mass is 16.3. The molecule has 0 saturated heterocycles. The largest absolute Gasteiger partial charge is 0.455 e. The van der Waals surface area contributed by atoms with Crippen molar-refractivity contribution in [3.05, 3.63) is 267 Å². The van der Waals surface area contributed by atoms with Crippen molar-refractivity contribution in [2.24, 2.45) is 0 Å². The molecule has 13 aromatic rings. The minimum atomic E-state index is 0.905. The molecular weight excluding hydrogens is 837 g/mol. The van der Waals surface area contributed by atoms with Gasteiger partial charge in [0.15, 0.2) is 0 Å². The van der Waals surface area contributed by atoms with E-state index in [9.17, 15) is 0 Å². The molecule has 2 heterocycles. The van der Waals surface area contributed by atoms with E-state index < -0.39 is 0 Å². The second kappa shape index (κ2) is 16.9. The van der Waals surface area contributed by atoms with Gasteiger partial charge in [-0.05, 0) is 106 Å². The number of hydrogen-bond donors (Lipinski definition) is 0. The summed E-state index contributed by atoms with van der Waals surface area (Å²) < 4.78 is 8.86. The number of anilines is 3. The Hall–Kier alpha value is -9.18. The Labute approximate surface area is 401 Å². The van der Waals surface area contributed by atoms with E-state index in [-0.39, 0.29) is 0 Å². The zero-order valence-electron chi connectivity index (χ0n) is 37.7. The molecule has 0 N–H and O–H groups in total. The van der Waals surface area contributed by atoms with Gasteiger partial charge < -0.3 is 13.9 Å². The van der Waals surface area contributed by atoms with Crippen molar-refractivity contribution in [3.8, 4) is 61.3 Å². The van der Waals surface area contributed by atoms with Crippen molar-refractivity contribution < 1.29 is 4.42 Å². The lowest BCUT2D eigenvalue weighted by atomic mass is 9.97. The average molecular weight is 881 g/mol. The number of fused-ring (bicyclic) bond motifs is 6. The molecule has 2 aromatic heterocycles. The second-order valence-electron chi connectivity index (χ2n) is 17.6. The summed E-state index contributed by atoms with van der Waals surface area (Å²) in [5.74, 6) is 0. The quantitative estimate of drug-likeness (QED) is 0.144. The number of rotatable bonds is 9. The molecule has 69 heavy (non-hydrogen) atoms. The fourth-order valence-electron chi connectivity index (χ4n) is 10.4. The van der Waals surface area contributed by atoms with Gasteiger partial charge >= 0.3 is 0 Å². The summed E-state index contributed by atoms with van der Waals surface area (Å²) in [6.07, 6.45) is 0. The third-order valence-corrected chi connectivity index (χ3v) is 13.6. The van der Waals surface area contributed by atoms with E-state index in [1.807, 2.05) is 12.1 Å². The lowest BCUT2D eigenvalue weighted by Gasteiger charge is -2.28. The first-order valence-electron chi connectivity index (χ1n) is 23.6. The van der Waals surface area contributed by atoms with Crippen LogP contribution in [0.25, 0.3) is 105 Å². The van der Waals surface area contributed by atoms with E-state index in [1.165, 1.54) is 38.5 Å². The van der Waals surface area contributed by atoms with Crippen molar-refractivity contribution in [1.82, 2.24) is 4.57 Å². The van der Waals surface area contributed by atoms with E-state index in [0.29, 0.717) is 0 Å². The van der Waals surface area contributed by atoms with Gasteiger partial charge in [-0.15, -0.1) is 0 Å². The molecule has 3 heteroatoms. The third-order valence-electron chi connectivity index (χ3n) is 13.6. The summed E-state index contributed by atoms with van der Waals surface area (Å²) in [7, 11) is 0. The molecular formula is C66H44N2O. The van der Waals surface area contributed by atoms with Gasteiger partial charge in [0.05, 0.1) is 22.4 Å². The fourth-order valence-corrected chi connectivity index (χ4v) is 10.4. The zero-order valence-corrected chi connectivity index (χ0v) is 37.7. The van der Waals surface area contributed by atoms with E-state index in [2.05, 4.69) is 264 Å². The van der Waals surface area contributed by atoms with Crippen LogP contribution >= 0.6 is 0 Å². The van der Waals surface area contributed by atoms with Crippen LogP contribution < -0.4 is 4.90 Å². The lowest BCUT2D eigenvalue weighted by molar-refractivity contribution is 0.670. The number of para-hydroxylation sites is 6. The normalized spacial score (nSPS) is 11.5. The lowest BCUT2D eigenvalue weighted by Crippen LogP contribution is -2.11. The molecule has 0 spiro atoms. The van der Waals surface area contributed by atoms with Crippen LogP contribution in [0.4, 0.5) is 17.1 Å². The summed E-state index contributed by atoms with van der Waals surface area (Å²) >= 11 is 0. The molecule has 11 aromatic carbocycles. The number of nitrogens with zero attached hydrogens (tertiary/aromatic N) is 2. The molecule has 0 radical (unpaired) electrons. The van der Waals surface area contributed by atoms with Crippen LogP contribution in [0, 0.1) is 0 Å². The average Bonchev–Trinajstić information content (AvgIpc) is 3.98. The number of furan rings is 1. The molecule has 3 nitrogen and oxygen atoms in total. The molecule has 0 saturated carbocycles. The standard InChI is InChI=1S/C66H44N2O/c1-2-17-47(18-3-1)54-23-4-9-30-61(54)67(53-41-37-46(38-42-53)49-20-15-22-51(44-49)56-28-16-29-60-59-27-8-13-34-65(59)69-66(56)60)52-39-35-45(36-40-52)48-19-14-21-50(43-48)55-24-5-10-31-62(55)68-63-32-11-6-25-57(63)58-26-7-12-33-64(58)68/h1-44H. The van der Waals surface area contributed by atoms with Gasteiger partial charge in [0.2, 0.25) is 0 Å². The van der Waals surface area contributed by atoms with Gasteiger partial charge in [0, 0.05) is 49.6 Å². The first-order chi connectivity index (χ1) is 34.2. The molecule has 0 aliphatic heterocycles. The highest BCUT2D eigenvalue weighted by molar-refractivity contribution is 6.11. The molecule has 0 aliphatic carbocycles. The Balaban J connectivity index is 0.866. The maximum Gasteiger partial charge on any atom is 0.143 e. The van der Waals surface area contributed by atoms with Crippen LogP contribution in [0.1, 0.15) is 0 Å². The van der Waals surface area contributed by atoms with Crippen LogP contribution in [-0.4, -0.2) is 4.57 Å². The smallest absolute Gasteiger partial charge is 0.143 e. The van der Waals surface area contributed by atoms with E-state index in [4.69, 9.17) is 4.42 Å². The predicted octanol–water partition coefficient (Wildman–Crippen LogP) is 18.5. The van der Waals surface area contributed by atoms with Crippen LogP contribution in [0.2, 0.25) is 0 Å². The maximum atomic E-state index is 6.44. The molecule has 0 atom stereocenters. The molecule has 0 aliphatic rings. The van der Waals surface area contributed by atoms with Crippen LogP contribution in [0.15, 0.2) is 271 Å². The molecule has 0 amide bonds. The van der Waals surface area contributed by atoms with Crippen LogP contribution in [0.3, 0.4) is 0 Å². The van der Waals surface area contributed by atoms with Crippen molar-refractivity contribution in [2.45, 2.75) is 0 Å². The topological polar surface area (TPSA) is 21.3 Å². The van der Waals surface area contributed by atoms with Crippen molar-refractivity contribution >= 4 is 60.8 Å². The Bertz CT molecular complexity index is 3960. The summed E-state index contributed by atoms with van der Waals surface area (Å²) in [6, 6.07) is 96.0. The third kappa shape index (κ3) is 7.08. The van der Waals surface area contributed by atoms with Crippen LogP contribution in [0.5, 0.6) is 0 Å². The Morgan fingerprint density at radius 2 is 0.754 bits per heavy atom. The van der Waals surface area contributed by atoms with Gasteiger partial charge in [-0.1, -0.05) is 200 Å². The van der Waals surface area contributed by atoms with Gasteiger partial charge in [-0.2, -0.15) is 0 Å². The minimum Gasteiger partial charge on any atom is -0.455 e. The monoisotopic (exact) mass is 880 g/mol. The van der Waals surface area contributed by atoms with E-state index in [1.54, 1.807) is 0 Å². The molecule has 0 unspecified atom stereocenters. The van der Waals surface area contributed by atoms with Gasteiger partial charge in [-0.3, -0.25) is 0 Å². The SMILES string of the molecule is c1ccc(-c2ccccc2N(c2ccc(-c3cccc(-c4ccccc4-n4c5ccccc5c5ccccc54)c3)cc2)c2ccc(-c3cccc(-c4cccc5c4oc4ccccc45)c3)cc2)cc1. The van der Waals surface area contributed by atoms with Gasteiger partial charge in [0.25, 0.3) is 0 Å². The van der Waals surface area contributed by atoms with Gasteiger partial charge in [-0.25, -0.2) is 0 Å². The summed E-state index contributed by atoms with van der Waals surface area (Å²) in [5, 5.41) is 4.78. The fraction of sp³-hybridized carbons (Fsp3) is 0.